The third-order valence-electron chi connectivity index (χ3n) is 4.22. The molecule has 6 heteroatoms. The predicted octanol–water partition coefficient (Wildman–Crippen LogP) is 3.74. The highest BCUT2D eigenvalue weighted by Crippen LogP contribution is 2.36. The van der Waals surface area contributed by atoms with E-state index in [0.29, 0.717) is 11.4 Å². The summed E-state index contributed by atoms with van der Waals surface area (Å²) in [6.45, 7) is 0. The number of rotatable bonds is 2. The molecule has 4 rings (SSSR count). The van der Waals surface area contributed by atoms with Crippen LogP contribution in [0, 0.1) is 4.77 Å². The van der Waals surface area contributed by atoms with Gasteiger partial charge in [-0.05, 0) is 41.6 Å². The van der Waals surface area contributed by atoms with Gasteiger partial charge in [0, 0.05) is 11.6 Å². The number of anilines is 1. The lowest BCUT2D eigenvalue weighted by Gasteiger charge is -2.25. The summed E-state index contributed by atoms with van der Waals surface area (Å²) in [7, 11) is 0. The van der Waals surface area contributed by atoms with E-state index >= 15 is 0 Å². The Kier molecular flexibility index (Phi) is 3.74. The second-order valence-corrected chi connectivity index (χ2v) is 6.25. The van der Waals surface area contributed by atoms with Gasteiger partial charge in [0.05, 0.1) is 5.56 Å². The Morgan fingerprint density at radius 3 is 2.40 bits per heavy atom. The summed E-state index contributed by atoms with van der Waals surface area (Å²) < 4.78 is 0.273. The number of H-pyrrole nitrogens is 2. The minimum Gasteiger partial charge on any atom is -0.508 e. The zero-order valence-electron chi connectivity index (χ0n) is 13.1. The number of hydrogen-bond acceptors (Lipinski definition) is 4. The number of hydrogen-bond donors (Lipinski definition) is 4. The predicted molar refractivity (Wildman–Crippen MR) is 100 cm³/mol. The molecule has 2 heterocycles. The summed E-state index contributed by atoms with van der Waals surface area (Å²) in [6.07, 6.45) is 2.01. The van der Waals surface area contributed by atoms with Crippen LogP contribution >= 0.6 is 12.2 Å². The molecular weight excluding hydrogens is 334 g/mol. The highest BCUT2D eigenvalue weighted by molar-refractivity contribution is 7.71. The van der Waals surface area contributed by atoms with Crippen LogP contribution in [0.2, 0.25) is 0 Å². The van der Waals surface area contributed by atoms with Crippen molar-refractivity contribution in [3.63, 3.8) is 0 Å². The molecule has 1 aliphatic rings. The van der Waals surface area contributed by atoms with Crippen LogP contribution in [-0.4, -0.2) is 15.1 Å². The molecule has 0 fully saturated rings. The van der Waals surface area contributed by atoms with E-state index in [1.54, 1.807) is 12.1 Å². The Bertz CT molecular complexity index is 1070. The summed E-state index contributed by atoms with van der Waals surface area (Å²) in [5, 5.41) is 12.8. The molecule has 0 radical (unpaired) electrons. The fourth-order valence-electron chi connectivity index (χ4n) is 3.05. The van der Waals surface area contributed by atoms with Crippen LogP contribution in [0.4, 0.5) is 5.82 Å². The quantitative estimate of drug-likeness (QED) is 0.531. The van der Waals surface area contributed by atoms with Crippen molar-refractivity contribution in [2.75, 3.05) is 5.32 Å². The van der Waals surface area contributed by atoms with Gasteiger partial charge in [-0.25, -0.2) is 0 Å². The van der Waals surface area contributed by atoms with Crippen molar-refractivity contribution >= 4 is 23.7 Å². The highest BCUT2D eigenvalue weighted by Gasteiger charge is 2.26. The van der Waals surface area contributed by atoms with E-state index in [4.69, 9.17) is 12.2 Å². The second-order valence-electron chi connectivity index (χ2n) is 5.84. The average Bonchev–Trinajstić information content (AvgIpc) is 2.62. The smallest absolute Gasteiger partial charge is 0.257 e. The number of aromatic amines is 2. The Hall–Kier alpha value is -3.12. The largest absolute Gasteiger partial charge is 0.508 e. The lowest BCUT2D eigenvalue weighted by Crippen LogP contribution is -2.24. The maximum atomic E-state index is 12.5. The monoisotopic (exact) mass is 349 g/mol. The van der Waals surface area contributed by atoms with E-state index in [0.717, 1.165) is 16.8 Å². The fraction of sp³-hybridized carbons (Fsp3) is 0.0526. The number of fused-ring (bicyclic) bond motifs is 1. The van der Waals surface area contributed by atoms with Crippen LogP contribution in [0.1, 0.15) is 22.6 Å². The van der Waals surface area contributed by atoms with Gasteiger partial charge >= 0.3 is 0 Å². The van der Waals surface area contributed by atoms with E-state index in [9.17, 15) is 9.90 Å². The lowest BCUT2D eigenvalue weighted by atomic mass is 9.88. The minimum atomic E-state index is -0.261. The Morgan fingerprint density at radius 2 is 1.68 bits per heavy atom. The first-order valence-corrected chi connectivity index (χ1v) is 8.22. The third-order valence-corrected chi connectivity index (χ3v) is 4.42. The van der Waals surface area contributed by atoms with Crippen molar-refractivity contribution in [3.8, 4) is 5.75 Å². The molecule has 1 unspecified atom stereocenters. The molecule has 1 aromatic heterocycles. The molecule has 0 aliphatic carbocycles. The van der Waals surface area contributed by atoms with Crippen LogP contribution in [0.25, 0.3) is 5.70 Å². The summed E-state index contributed by atoms with van der Waals surface area (Å²) in [5.74, 6) is 0.516. The van der Waals surface area contributed by atoms with Crippen molar-refractivity contribution in [2.45, 2.75) is 5.92 Å². The normalized spacial score (nSPS) is 15.8. The summed E-state index contributed by atoms with van der Waals surface area (Å²) in [6, 6.07) is 16.7. The molecule has 1 aliphatic heterocycles. The van der Waals surface area contributed by atoms with E-state index in [1.165, 1.54) is 0 Å². The molecule has 0 saturated carbocycles. The average molecular weight is 349 g/mol. The van der Waals surface area contributed by atoms with Gasteiger partial charge in [0.25, 0.3) is 5.56 Å². The molecule has 1 atom stereocenters. The number of allylic oxidation sites excluding steroid dienone is 1. The molecule has 0 amide bonds. The standard InChI is InChI=1S/C19H15N3O2S/c23-13-8-6-11(7-9-13)14-10-15(12-4-2-1-3-5-12)20-17-16(14)18(24)22-19(25)21-17/h1-10,14,23H,(H3,20,21,22,24,25). The zero-order valence-corrected chi connectivity index (χ0v) is 13.9. The van der Waals surface area contributed by atoms with Gasteiger partial charge in [-0.3, -0.25) is 9.78 Å². The van der Waals surface area contributed by atoms with Crippen LogP contribution in [0.3, 0.4) is 0 Å². The zero-order chi connectivity index (χ0) is 17.4. The van der Waals surface area contributed by atoms with E-state index in [1.807, 2.05) is 48.5 Å². The van der Waals surface area contributed by atoms with Crippen molar-refractivity contribution in [1.82, 2.24) is 9.97 Å². The van der Waals surface area contributed by atoms with Gasteiger partial charge < -0.3 is 15.4 Å². The fourth-order valence-corrected chi connectivity index (χ4v) is 3.24. The van der Waals surface area contributed by atoms with Gasteiger partial charge in [0.2, 0.25) is 0 Å². The molecule has 2 aromatic carbocycles. The van der Waals surface area contributed by atoms with Crippen LogP contribution < -0.4 is 10.9 Å². The molecule has 0 spiro atoms. The molecule has 5 nitrogen and oxygen atoms in total. The van der Waals surface area contributed by atoms with Gasteiger partial charge in [0.15, 0.2) is 4.77 Å². The van der Waals surface area contributed by atoms with E-state index in [2.05, 4.69) is 15.3 Å². The molecule has 124 valence electrons. The van der Waals surface area contributed by atoms with Gasteiger partial charge in [0.1, 0.15) is 11.6 Å². The number of phenols is 1. The Labute approximate surface area is 148 Å². The molecular formula is C19H15N3O2S. The summed E-state index contributed by atoms with van der Waals surface area (Å²) in [5.41, 5.74) is 3.15. The third kappa shape index (κ3) is 2.88. The maximum absolute atomic E-state index is 12.5. The van der Waals surface area contributed by atoms with E-state index < -0.39 is 0 Å². The number of aromatic hydroxyl groups is 1. The van der Waals surface area contributed by atoms with Crippen molar-refractivity contribution in [3.05, 3.63) is 92.5 Å². The SMILES string of the molecule is O=c1[nH]c(=S)[nH]c2c1C(c1ccc(O)cc1)C=C(c1ccccc1)N2. The molecule has 0 saturated heterocycles. The molecule has 25 heavy (non-hydrogen) atoms. The topological polar surface area (TPSA) is 80.9 Å². The molecule has 4 N–H and O–H groups in total. The first-order valence-electron chi connectivity index (χ1n) is 7.81. The number of phenolic OH excluding ortho intramolecular Hbond substituents is 1. The molecule has 0 bridgehead atoms. The van der Waals surface area contributed by atoms with Gasteiger partial charge in [-0.15, -0.1) is 0 Å². The summed E-state index contributed by atoms with van der Waals surface area (Å²) >= 11 is 5.11. The maximum Gasteiger partial charge on any atom is 0.257 e. The van der Waals surface area contributed by atoms with E-state index in [-0.39, 0.29) is 22.0 Å². The second kappa shape index (κ2) is 6.07. The van der Waals surface area contributed by atoms with Crippen LogP contribution in [-0.2, 0) is 0 Å². The Balaban J connectivity index is 1.93. The van der Waals surface area contributed by atoms with Gasteiger partial charge in [-0.2, -0.15) is 0 Å². The molecule has 3 aromatic rings. The van der Waals surface area contributed by atoms with Crippen molar-refractivity contribution in [2.24, 2.45) is 0 Å². The van der Waals surface area contributed by atoms with Crippen molar-refractivity contribution < 1.29 is 5.11 Å². The summed E-state index contributed by atoms with van der Waals surface area (Å²) in [4.78, 5) is 18.2. The number of aromatic nitrogens is 2. The van der Waals surface area contributed by atoms with Gasteiger partial charge in [-0.1, -0.05) is 42.5 Å². The number of nitrogens with one attached hydrogen (secondary N) is 3. The lowest BCUT2D eigenvalue weighted by molar-refractivity contribution is 0.475. The van der Waals surface area contributed by atoms with Crippen LogP contribution in [0.5, 0.6) is 5.75 Å². The van der Waals surface area contributed by atoms with Crippen LogP contribution in [0.15, 0.2) is 65.5 Å². The first kappa shape index (κ1) is 15.4. The Morgan fingerprint density at radius 1 is 0.960 bits per heavy atom. The number of benzene rings is 2. The first-order chi connectivity index (χ1) is 12.1. The minimum absolute atomic E-state index is 0.187. The van der Waals surface area contributed by atoms with Crippen molar-refractivity contribution in [1.29, 1.82) is 0 Å². The highest BCUT2D eigenvalue weighted by atomic mass is 32.1.